The molecule has 0 saturated carbocycles. The molecule has 11 aromatic rings. The Morgan fingerprint density at radius 2 is 0.860 bits per heavy atom. The SMILES string of the molecule is CC1(C)CCC(C)(C)c2cc(Nc3cc4c(cc3-c3cc(N(c5ccc(-c6ccccc6)cc5)c5ccc(-c6ccccc6)cc5)c5c6ccc7ccccc7c6n6c5c3Bc3cc5c(cc3-6)C(C)(C)CCC5(C)C)C(C)(C)CCC4(C)C)ccc21. The molecule has 1 aromatic heterocycles. The molecule has 428 valence electrons. The maximum Gasteiger partial charge on any atom is 0.198 e. The predicted octanol–water partition coefficient (Wildman–Crippen LogP) is 20.9. The molecule has 1 N–H and O–H groups in total. The van der Waals surface area contributed by atoms with Crippen molar-refractivity contribution < 1.29 is 0 Å². The van der Waals surface area contributed by atoms with Gasteiger partial charge in [0.15, 0.2) is 7.28 Å². The summed E-state index contributed by atoms with van der Waals surface area (Å²) in [4.78, 5) is 2.59. The highest BCUT2D eigenvalue weighted by Gasteiger charge is 2.43. The predicted molar refractivity (Wildman–Crippen MR) is 371 cm³/mol. The van der Waals surface area contributed by atoms with Crippen LogP contribution in [0, 0.1) is 0 Å². The largest absolute Gasteiger partial charge is 0.355 e. The fourth-order valence-corrected chi connectivity index (χ4v) is 16.1. The van der Waals surface area contributed by atoms with Gasteiger partial charge in [-0.25, -0.2) is 0 Å². The van der Waals surface area contributed by atoms with E-state index < -0.39 is 0 Å². The molecule has 0 amide bonds. The van der Waals surface area contributed by atoms with Crippen molar-refractivity contribution in [3.05, 3.63) is 228 Å². The molecule has 0 atom stereocenters. The van der Waals surface area contributed by atoms with Crippen LogP contribution in [0.3, 0.4) is 0 Å². The van der Waals surface area contributed by atoms with Crippen molar-refractivity contribution in [1.82, 2.24) is 4.57 Å². The summed E-state index contributed by atoms with van der Waals surface area (Å²) < 4.78 is 2.76. The molecular weight excluding hydrogens is 1040 g/mol. The van der Waals surface area contributed by atoms with Crippen LogP contribution in [0.5, 0.6) is 0 Å². The summed E-state index contributed by atoms with van der Waals surface area (Å²) in [5, 5.41) is 9.37. The fourth-order valence-electron chi connectivity index (χ4n) is 16.1. The van der Waals surface area contributed by atoms with E-state index in [1.165, 1.54) is 147 Å². The minimum atomic E-state index is -0.0331. The highest BCUT2D eigenvalue weighted by atomic mass is 15.1. The molecule has 0 fully saturated rings. The lowest BCUT2D eigenvalue weighted by Crippen LogP contribution is -2.41. The van der Waals surface area contributed by atoms with Gasteiger partial charge in [-0.3, -0.25) is 0 Å². The third kappa shape index (κ3) is 8.65. The van der Waals surface area contributed by atoms with Gasteiger partial charge in [-0.05, 0) is 204 Å². The molecule has 0 saturated heterocycles. The molecule has 0 spiro atoms. The van der Waals surface area contributed by atoms with Crippen molar-refractivity contribution in [2.24, 2.45) is 0 Å². The van der Waals surface area contributed by atoms with E-state index in [0.29, 0.717) is 0 Å². The summed E-state index contributed by atoms with van der Waals surface area (Å²) in [6.07, 6.45) is 6.94. The number of fused-ring (bicyclic) bond motifs is 10. The summed E-state index contributed by atoms with van der Waals surface area (Å²) >= 11 is 0. The number of hydrogen-bond acceptors (Lipinski definition) is 2. The molecule has 10 aromatic carbocycles. The van der Waals surface area contributed by atoms with E-state index in [2.05, 4.69) is 292 Å². The molecule has 1 aliphatic heterocycles. The van der Waals surface area contributed by atoms with Crippen molar-refractivity contribution in [1.29, 1.82) is 0 Å². The number of benzene rings is 10. The maximum absolute atomic E-state index is 4.30. The second-order valence-electron chi connectivity index (χ2n) is 30.2. The number of anilines is 5. The highest BCUT2D eigenvalue weighted by Crippen LogP contribution is 2.54. The van der Waals surface area contributed by atoms with Crippen molar-refractivity contribution >= 4 is 79.2 Å². The number of aromatic nitrogens is 1. The Labute approximate surface area is 511 Å². The molecule has 3 aliphatic carbocycles. The molecule has 0 unspecified atom stereocenters. The van der Waals surface area contributed by atoms with Gasteiger partial charge in [0.25, 0.3) is 0 Å². The van der Waals surface area contributed by atoms with Gasteiger partial charge in [-0.2, -0.15) is 0 Å². The second-order valence-corrected chi connectivity index (χ2v) is 30.2. The zero-order valence-corrected chi connectivity index (χ0v) is 52.8. The first-order valence-corrected chi connectivity index (χ1v) is 32.0. The van der Waals surface area contributed by atoms with Crippen LogP contribution in [0.1, 0.15) is 155 Å². The average Bonchev–Trinajstić information content (AvgIpc) is 1.47. The van der Waals surface area contributed by atoms with Crippen molar-refractivity contribution in [3.63, 3.8) is 0 Å². The van der Waals surface area contributed by atoms with Gasteiger partial charge in [0, 0.05) is 50.2 Å². The van der Waals surface area contributed by atoms with Crippen LogP contribution in [0.2, 0.25) is 0 Å². The Hall–Kier alpha value is -8.08. The molecule has 15 rings (SSSR count). The van der Waals surface area contributed by atoms with Crippen molar-refractivity contribution in [2.75, 3.05) is 10.2 Å². The first-order valence-electron chi connectivity index (χ1n) is 32.0. The van der Waals surface area contributed by atoms with E-state index in [9.17, 15) is 0 Å². The maximum atomic E-state index is 4.30. The van der Waals surface area contributed by atoms with E-state index in [-0.39, 0.29) is 32.5 Å². The summed E-state index contributed by atoms with van der Waals surface area (Å²) in [7, 11) is 0.810. The third-order valence-electron chi connectivity index (χ3n) is 21.8. The fraction of sp³-hybridized carbons (Fsp3) is 0.293. The van der Waals surface area contributed by atoms with E-state index in [4.69, 9.17) is 0 Å². The van der Waals surface area contributed by atoms with E-state index in [1.54, 1.807) is 0 Å². The van der Waals surface area contributed by atoms with Crippen LogP contribution in [0.15, 0.2) is 194 Å². The van der Waals surface area contributed by atoms with Crippen LogP contribution in [-0.4, -0.2) is 11.8 Å². The molecule has 2 heterocycles. The van der Waals surface area contributed by atoms with Crippen LogP contribution in [-0.2, 0) is 32.5 Å². The van der Waals surface area contributed by atoms with Gasteiger partial charge in [-0.1, -0.05) is 222 Å². The molecule has 0 bridgehead atoms. The minimum Gasteiger partial charge on any atom is -0.355 e. The zero-order valence-electron chi connectivity index (χ0n) is 52.8. The van der Waals surface area contributed by atoms with Gasteiger partial charge in [0.1, 0.15) is 0 Å². The van der Waals surface area contributed by atoms with Crippen molar-refractivity contribution in [2.45, 2.75) is 154 Å². The van der Waals surface area contributed by atoms with Gasteiger partial charge in [0.05, 0.1) is 16.7 Å². The smallest absolute Gasteiger partial charge is 0.198 e. The number of rotatable bonds is 8. The normalized spacial score (nSPS) is 17.9. The van der Waals surface area contributed by atoms with Crippen molar-refractivity contribution in [3.8, 4) is 39.1 Å². The van der Waals surface area contributed by atoms with Crippen LogP contribution in [0.25, 0.3) is 71.6 Å². The Kier molecular flexibility index (Phi) is 12.2. The van der Waals surface area contributed by atoms with Gasteiger partial charge >= 0.3 is 0 Å². The van der Waals surface area contributed by atoms with Gasteiger partial charge in [0.2, 0.25) is 0 Å². The molecule has 86 heavy (non-hydrogen) atoms. The quantitative estimate of drug-likeness (QED) is 0.153. The first-order chi connectivity index (χ1) is 41.1. The third-order valence-corrected chi connectivity index (χ3v) is 21.8. The number of nitrogens with zero attached hydrogens (tertiary/aromatic N) is 2. The van der Waals surface area contributed by atoms with Crippen LogP contribution >= 0.6 is 0 Å². The molecule has 3 nitrogen and oxygen atoms in total. The van der Waals surface area contributed by atoms with Crippen LogP contribution < -0.4 is 21.1 Å². The molecule has 0 radical (unpaired) electrons. The second kappa shape index (κ2) is 19.2. The monoisotopic (exact) mass is 1120 g/mol. The molecular formula is C82H82BN3. The van der Waals surface area contributed by atoms with Crippen LogP contribution in [0.4, 0.5) is 28.4 Å². The summed E-state index contributed by atoms with van der Waals surface area (Å²) in [6.45, 7) is 29.7. The van der Waals surface area contributed by atoms with E-state index in [1.807, 2.05) is 0 Å². The Bertz CT molecular complexity index is 4470. The molecule has 4 aliphatic rings. The van der Waals surface area contributed by atoms with E-state index >= 15 is 0 Å². The standard InChI is InChI=1S/C82H82BN3/c1-77(2)39-40-78(3,4)64-45-56(32-38-63(64)77)84-70-49-67-65(79(5,6)41-43-81(67,9)10)46-61(70)62-47-72(85(57-33-27-53(28-34-57)51-21-15-13-16-22-51)58-35-29-54(30-36-58)52-23-17-14-18-24-52)73-60-37-31-55-25-19-20-26-59(55)75(60)86-71-50-68-66(48-69(71)83-74(62)76(73)86)80(7,8)42-44-82(68,11)12/h13-38,45-50,83-84H,39-44H2,1-12H3. The Morgan fingerprint density at radius 1 is 0.384 bits per heavy atom. The summed E-state index contributed by atoms with van der Waals surface area (Å²) in [6, 6.07) is 74.9. The lowest BCUT2D eigenvalue weighted by atomic mass is 9.55. The minimum absolute atomic E-state index is 0.00816. The zero-order chi connectivity index (χ0) is 59.5. The average molecular weight is 1120 g/mol. The lowest BCUT2D eigenvalue weighted by molar-refractivity contribution is 0.332. The summed E-state index contributed by atoms with van der Waals surface area (Å²) in [5.74, 6) is 0. The van der Waals surface area contributed by atoms with Gasteiger partial charge < -0.3 is 14.8 Å². The first kappa shape index (κ1) is 54.6. The van der Waals surface area contributed by atoms with Gasteiger partial charge in [-0.15, -0.1) is 0 Å². The van der Waals surface area contributed by atoms with E-state index in [0.717, 1.165) is 43.6 Å². The topological polar surface area (TPSA) is 20.2 Å². The highest BCUT2D eigenvalue weighted by molar-refractivity contribution is 6.74. The summed E-state index contributed by atoms with van der Waals surface area (Å²) in [5.41, 5.74) is 28.8. The number of hydrogen-bond donors (Lipinski definition) is 1. The number of nitrogens with one attached hydrogen (secondary N) is 1. The lowest BCUT2D eigenvalue weighted by Gasteiger charge is -2.43. The Balaban J connectivity index is 1.09. The molecule has 4 heteroatoms. The Morgan fingerprint density at radius 3 is 1.43 bits per heavy atom.